The van der Waals surface area contributed by atoms with Crippen molar-refractivity contribution in [2.45, 2.75) is 52.0 Å². The molecule has 0 aliphatic rings. The first-order valence-electron chi connectivity index (χ1n) is 11.7. The maximum atomic E-state index is 13.5. The van der Waals surface area contributed by atoms with Gasteiger partial charge in [0.05, 0.1) is 29.6 Å². The second kappa shape index (κ2) is 12.7. The highest BCUT2D eigenvalue weighted by Gasteiger charge is 2.35. The van der Waals surface area contributed by atoms with Crippen molar-refractivity contribution in [2.75, 3.05) is 24.2 Å². The number of halogens is 4. The summed E-state index contributed by atoms with van der Waals surface area (Å²) < 4.78 is 71.2. The summed E-state index contributed by atoms with van der Waals surface area (Å²) in [7, 11) is -2.72. The number of alkyl halides is 3. The number of hydrogen-bond acceptors (Lipinski definition) is 5. The summed E-state index contributed by atoms with van der Waals surface area (Å²) in [6, 6.07) is 8.07. The summed E-state index contributed by atoms with van der Waals surface area (Å²) in [4.78, 5) is 27.6. The number of carbonyl (C=O) groups excluding carboxylic acids is 2. The number of carbonyl (C=O) groups is 2. The van der Waals surface area contributed by atoms with Gasteiger partial charge in [-0.25, -0.2) is 8.42 Å². The van der Waals surface area contributed by atoms with Crippen LogP contribution in [0.1, 0.15) is 38.3 Å². The number of methoxy groups -OCH3 is 1. The molecule has 0 spiro atoms. The molecule has 0 saturated heterocycles. The number of nitrogens with one attached hydrogen (secondary N) is 1. The molecule has 0 bridgehead atoms. The highest BCUT2D eigenvalue weighted by molar-refractivity contribution is 7.92. The van der Waals surface area contributed by atoms with Crippen LogP contribution in [0.2, 0.25) is 5.02 Å². The van der Waals surface area contributed by atoms with Crippen molar-refractivity contribution < 1.29 is 35.9 Å². The molecule has 1 N–H and O–H groups in total. The zero-order valence-electron chi connectivity index (χ0n) is 21.7. The summed E-state index contributed by atoms with van der Waals surface area (Å²) in [6.45, 7) is 4.26. The molecular weight excluding hydrogens is 547 g/mol. The van der Waals surface area contributed by atoms with Gasteiger partial charge in [0.25, 0.3) is 0 Å². The second-order valence-electron chi connectivity index (χ2n) is 8.80. The van der Waals surface area contributed by atoms with Gasteiger partial charge in [-0.3, -0.25) is 13.9 Å². The number of anilines is 1. The van der Waals surface area contributed by atoms with Crippen molar-refractivity contribution in [3.63, 3.8) is 0 Å². The standard InChI is InChI=1S/C25H31ClF3N3O5S/c1-6-16(2)30-24(34)17(3)31(14-18-7-10-20(37-4)11-8-18)23(33)15-32(38(5,35)36)19-9-12-22(26)21(13-19)25(27,28)29/h7-13,16-17H,6,14-15H2,1-5H3,(H,30,34)/t16-,17+/m0/s1. The predicted molar refractivity (Wildman–Crippen MR) is 140 cm³/mol. The van der Waals surface area contributed by atoms with Crippen molar-refractivity contribution in [3.05, 3.63) is 58.6 Å². The van der Waals surface area contributed by atoms with Gasteiger partial charge in [-0.2, -0.15) is 13.2 Å². The number of amides is 2. The number of hydrogen-bond donors (Lipinski definition) is 1. The van der Waals surface area contributed by atoms with E-state index in [9.17, 15) is 31.2 Å². The van der Waals surface area contributed by atoms with Gasteiger partial charge in [0.2, 0.25) is 21.8 Å². The largest absolute Gasteiger partial charge is 0.497 e. The monoisotopic (exact) mass is 577 g/mol. The molecule has 0 aliphatic heterocycles. The zero-order valence-corrected chi connectivity index (χ0v) is 23.2. The predicted octanol–water partition coefficient (Wildman–Crippen LogP) is 4.47. The third-order valence-corrected chi connectivity index (χ3v) is 7.37. The first-order chi connectivity index (χ1) is 17.6. The Morgan fingerprint density at radius 2 is 1.71 bits per heavy atom. The summed E-state index contributed by atoms with van der Waals surface area (Å²) in [5.41, 5.74) is -1.01. The van der Waals surface area contributed by atoms with E-state index < -0.39 is 56.9 Å². The van der Waals surface area contributed by atoms with Gasteiger partial charge < -0.3 is 15.0 Å². The lowest BCUT2D eigenvalue weighted by atomic mass is 10.1. The highest BCUT2D eigenvalue weighted by atomic mass is 35.5. The number of sulfonamides is 1. The number of benzene rings is 2. The molecule has 13 heteroatoms. The highest BCUT2D eigenvalue weighted by Crippen LogP contribution is 2.37. The normalized spacial score (nSPS) is 13.4. The van der Waals surface area contributed by atoms with E-state index in [0.717, 1.165) is 18.4 Å². The number of nitrogens with zero attached hydrogens (tertiary/aromatic N) is 2. The SMILES string of the molecule is CC[C@H](C)NC(=O)[C@@H](C)N(Cc1ccc(OC)cc1)C(=O)CN(c1ccc(Cl)c(C(F)(F)F)c1)S(C)(=O)=O. The Balaban J connectivity index is 2.47. The van der Waals surface area contributed by atoms with Crippen molar-refractivity contribution >= 4 is 39.1 Å². The molecule has 0 saturated carbocycles. The lowest BCUT2D eigenvalue weighted by Crippen LogP contribution is -2.52. The fraction of sp³-hybridized carbons (Fsp3) is 0.440. The van der Waals surface area contributed by atoms with Crippen molar-refractivity contribution in [1.29, 1.82) is 0 Å². The molecule has 2 atom stereocenters. The fourth-order valence-corrected chi connectivity index (χ4v) is 4.54. The third kappa shape index (κ3) is 8.26. The van der Waals surface area contributed by atoms with E-state index in [0.29, 0.717) is 28.1 Å². The van der Waals surface area contributed by atoms with Crippen LogP contribution in [0.4, 0.5) is 18.9 Å². The van der Waals surface area contributed by atoms with E-state index in [4.69, 9.17) is 16.3 Å². The zero-order chi connectivity index (χ0) is 28.8. The average Bonchev–Trinajstić information content (AvgIpc) is 2.84. The quantitative estimate of drug-likeness (QED) is 0.425. The minimum atomic E-state index is -4.84. The molecule has 0 heterocycles. The maximum absolute atomic E-state index is 13.5. The molecule has 2 rings (SSSR count). The van der Waals surface area contributed by atoms with Crippen molar-refractivity contribution in [1.82, 2.24) is 10.2 Å². The lowest BCUT2D eigenvalue weighted by molar-refractivity contribution is -0.139. The Bertz CT molecular complexity index is 1240. The molecular formula is C25H31ClF3N3O5S. The molecule has 2 aromatic carbocycles. The number of ether oxygens (including phenoxy) is 1. The van der Waals surface area contributed by atoms with Crippen LogP contribution in [-0.4, -0.2) is 57.1 Å². The van der Waals surface area contributed by atoms with Gasteiger partial charge >= 0.3 is 6.18 Å². The molecule has 0 unspecified atom stereocenters. The molecule has 8 nitrogen and oxygen atoms in total. The summed E-state index contributed by atoms with van der Waals surface area (Å²) in [5.74, 6) is -0.680. The molecule has 0 aromatic heterocycles. The van der Waals surface area contributed by atoms with Crippen molar-refractivity contribution in [2.24, 2.45) is 0 Å². The van der Waals surface area contributed by atoms with Gasteiger partial charge in [0.15, 0.2) is 0 Å². The van der Waals surface area contributed by atoms with E-state index in [2.05, 4.69) is 5.32 Å². The topological polar surface area (TPSA) is 96.0 Å². The minimum absolute atomic E-state index is 0.0655. The van der Waals surface area contributed by atoms with Crippen LogP contribution in [0.3, 0.4) is 0 Å². The van der Waals surface area contributed by atoms with Crippen molar-refractivity contribution in [3.8, 4) is 5.75 Å². The van der Waals surface area contributed by atoms with E-state index in [-0.39, 0.29) is 12.6 Å². The molecule has 0 fully saturated rings. The molecule has 0 radical (unpaired) electrons. The Morgan fingerprint density at radius 3 is 2.21 bits per heavy atom. The fourth-order valence-electron chi connectivity index (χ4n) is 3.48. The van der Waals surface area contributed by atoms with Gasteiger partial charge in [-0.1, -0.05) is 30.7 Å². The Labute approximate surface area is 225 Å². The van der Waals surface area contributed by atoms with Crippen LogP contribution in [0, 0.1) is 0 Å². The van der Waals surface area contributed by atoms with Crippen LogP contribution in [0.5, 0.6) is 5.75 Å². The molecule has 2 aromatic rings. The number of rotatable bonds is 11. The summed E-state index contributed by atoms with van der Waals surface area (Å²) >= 11 is 5.68. The third-order valence-electron chi connectivity index (χ3n) is 5.90. The smallest absolute Gasteiger partial charge is 0.417 e. The van der Waals surface area contributed by atoms with Crippen LogP contribution >= 0.6 is 11.6 Å². The molecule has 0 aliphatic carbocycles. The average molecular weight is 578 g/mol. The van der Waals surface area contributed by atoms with E-state index in [1.807, 2.05) is 6.92 Å². The summed E-state index contributed by atoms with van der Waals surface area (Å²) in [5, 5.41) is 2.18. The van der Waals surface area contributed by atoms with E-state index in [1.165, 1.54) is 18.9 Å². The van der Waals surface area contributed by atoms with Crippen LogP contribution < -0.4 is 14.4 Å². The minimum Gasteiger partial charge on any atom is -0.497 e. The van der Waals surface area contributed by atoms with Crippen LogP contribution in [-0.2, 0) is 32.3 Å². The maximum Gasteiger partial charge on any atom is 0.417 e. The summed E-state index contributed by atoms with van der Waals surface area (Å²) in [6.07, 6.45) is -3.43. The second-order valence-corrected chi connectivity index (χ2v) is 11.1. The Hall–Kier alpha value is -2.99. The lowest BCUT2D eigenvalue weighted by Gasteiger charge is -2.32. The van der Waals surface area contributed by atoms with Crippen LogP contribution in [0.15, 0.2) is 42.5 Å². The van der Waals surface area contributed by atoms with E-state index in [1.54, 1.807) is 31.2 Å². The van der Waals surface area contributed by atoms with Gasteiger partial charge in [-0.05, 0) is 56.2 Å². The molecule has 2 amide bonds. The Morgan fingerprint density at radius 1 is 1.11 bits per heavy atom. The first kappa shape index (κ1) is 31.2. The van der Waals surface area contributed by atoms with E-state index >= 15 is 0 Å². The molecule has 38 heavy (non-hydrogen) atoms. The van der Waals surface area contributed by atoms with Gasteiger partial charge in [0.1, 0.15) is 18.3 Å². The van der Waals surface area contributed by atoms with Gasteiger partial charge in [-0.15, -0.1) is 0 Å². The van der Waals surface area contributed by atoms with Crippen LogP contribution in [0.25, 0.3) is 0 Å². The first-order valence-corrected chi connectivity index (χ1v) is 13.9. The van der Waals surface area contributed by atoms with Gasteiger partial charge in [0, 0.05) is 12.6 Å². The Kier molecular flexibility index (Phi) is 10.4. The molecule has 210 valence electrons.